The summed E-state index contributed by atoms with van der Waals surface area (Å²) in [5, 5.41) is 3.57. The number of rotatable bonds is 1. The molecule has 1 N–H and O–H groups in total. The van der Waals surface area contributed by atoms with Crippen molar-refractivity contribution in [2.45, 2.75) is 25.3 Å². The van der Waals surface area contributed by atoms with Gasteiger partial charge in [0.05, 0.1) is 6.04 Å². The number of hydrogen-bond donors (Lipinski definition) is 1. The van der Waals surface area contributed by atoms with Crippen molar-refractivity contribution < 1.29 is 4.39 Å². The lowest BCUT2D eigenvalue weighted by atomic mass is 9.76. The molecule has 0 bridgehead atoms. The highest BCUT2D eigenvalue weighted by molar-refractivity contribution is 5.60. The van der Waals surface area contributed by atoms with Crippen LogP contribution in [0.3, 0.4) is 0 Å². The van der Waals surface area contributed by atoms with Crippen molar-refractivity contribution in [1.82, 2.24) is 0 Å². The molecule has 1 aliphatic heterocycles. The number of hydrogen-bond acceptors (Lipinski definition) is 1. The summed E-state index contributed by atoms with van der Waals surface area (Å²) in [5.74, 6) is 0.679. The van der Waals surface area contributed by atoms with E-state index in [1.54, 1.807) is 12.1 Å². The lowest BCUT2D eigenvalue weighted by molar-refractivity contribution is 0.413. The number of aryl methyl sites for hydroxylation is 1. The minimum atomic E-state index is -0.115. The van der Waals surface area contributed by atoms with Gasteiger partial charge in [-0.15, -0.1) is 0 Å². The summed E-state index contributed by atoms with van der Waals surface area (Å²) < 4.78 is 14.2. The van der Waals surface area contributed by atoms with Crippen LogP contribution in [0.4, 0.5) is 10.1 Å². The van der Waals surface area contributed by atoms with Crippen LogP contribution < -0.4 is 5.32 Å². The first-order chi connectivity index (χ1) is 10.2. The van der Waals surface area contributed by atoms with Crippen LogP contribution >= 0.6 is 0 Å². The summed E-state index contributed by atoms with van der Waals surface area (Å²) >= 11 is 0. The van der Waals surface area contributed by atoms with Gasteiger partial charge in [-0.05, 0) is 37.0 Å². The van der Waals surface area contributed by atoms with Crippen molar-refractivity contribution in [3.05, 3.63) is 77.1 Å². The number of allylic oxidation sites excluding steroid dienone is 2. The molecule has 2 heteroatoms. The molecule has 0 spiro atoms. The molecule has 0 saturated heterocycles. The van der Waals surface area contributed by atoms with E-state index in [0.717, 1.165) is 17.7 Å². The van der Waals surface area contributed by atoms with Crippen LogP contribution in [0.5, 0.6) is 0 Å². The first-order valence-electron chi connectivity index (χ1n) is 7.52. The van der Waals surface area contributed by atoms with Gasteiger partial charge >= 0.3 is 0 Å². The predicted molar refractivity (Wildman–Crippen MR) is 83.9 cm³/mol. The van der Waals surface area contributed by atoms with Crippen molar-refractivity contribution in [3.63, 3.8) is 0 Å². The molecule has 0 unspecified atom stereocenters. The third-order valence-corrected chi connectivity index (χ3v) is 4.76. The van der Waals surface area contributed by atoms with Crippen molar-refractivity contribution in [2.24, 2.45) is 5.92 Å². The second kappa shape index (κ2) is 4.73. The lowest BCUT2D eigenvalue weighted by Gasteiger charge is -2.37. The summed E-state index contributed by atoms with van der Waals surface area (Å²) in [6.07, 6.45) is 5.53. The minimum absolute atomic E-state index is 0.0430. The fourth-order valence-corrected chi connectivity index (χ4v) is 3.75. The van der Waals surface area contributed by atoms with Gasteiger partial charge in [0.1, 0.15) is 5.82 Å². The first kappa shape index (κ1) is 12.6. The first-order valence-corrected chi connectivity index (χ1v) is 7.52. The molecule has 2 aliphatic rings. The van der Waals surface area contributed by atoms with E-state index >= 15 is 0 Å². The number of anilines is 1. The maximum atomic E-state index is 14.2. The number of benzene rings is 2. The molecular formula is C19H18FN. The zero-order valence-electron chi connectivity index (χ0n) is 12.0. The summed E-state index contributed by atoms with van der Waals surface area (Å²) in [6, 6.07) is 13.7. The van der Waals surface area contributed by atoms with Crippen molar-refractivity contribution in [1.29, 1.82) is 0 Å². The summed E-state index contributed by atoms with van der Waals surface area (Å²) in [5.41, 5.74) is 4.55. The van der Waals surface area contributed by atoms with Crippen LogP contribution in [0.2, 0.25) is 0 Å². The van der Waals surface area contributed by atoms with E-state index in [9.17, 15) is 4.39 Å². The molecule has 1 heterocycles. The van der Waals surface area contributed by atoms with Gasteiger partial charge in [0.15, 0.2) is 0 Å². The largest absolute Gasteiger partial charge is 0.378 e. The van der Waals surface area contributed by atoms with E-state index in [0.29, 0.717) is 11.8 Å². The van der Waals surface area contributed by atoms with Crippen molar-refractivity contribution in [2.75, 3.05) is 5.32 Å². The fourth-order valence-electron chi connectivity index (χ4n) is 3.75. The van der Waals surface area contributed by atoms with E-state index in [1.165, 1.54) is 11.1 Å². The van der Waals surface area contributed by atoms with E-state index < -0.39 is 0 Å². The topological polar surface area (TPSA) is 12.0 Å². The number of fused-ring (bicyclic) bond motifs is 3. The van der Waals surface area contributed by atoms with Crippen LogP contribution in [0.1, 0.15) is 35.1 Å². The van der Waals surface area contributed by atoms with E-state index in [2.05, 4.69) is 42.6 Å². The van der Waals surface area contributed by atoms with E-state index in [4.69, 9.17) is 0 Å². The molecule has 1 nitrogen and oxygen atoms in total. The highest BCUT2D eigenvalue weighted by atomic mass is 19.1. The minimum Gasteiger partial charge on any atom is -0.378 e. The second-order valence-electron chi connectivity index (χ2n) is 6.09. The SMILES string of the molecule is Cc1ccc2c(c1)[C@@H]1C=CC[C@H]1[C@H](c1ccccc1F)N2. The van der Waals surface area contributed by atoms with E-state index in [-0.39, 0.29) is 11.9 Å². The van der Waals surface area contributed by atoms with Gasteiger partial charge < -0.3 is 5.32 Å². The van der Waals surface area contributed by atoms with Crippen LogP contribution in [0, 0.1) is 18.7 Å². The molecule has 2 aromatic rings. The molecule has 2 aromatic carbocycles. The molecule has 0 amide bonds. The lowest BCUT2D eigenvalue weighted by Crippen LogP contribution is -2.29. The maximum Gasteiger partial charge on any atom is 0.128 e. The normalized spacial score (nSPS) is 26.1. The molecule has 21 heavy (non-hydrogen) atoms. The van der Waals surface area contributed by atoms with Crippen molar-refractivity contribution in [3.8, 4) is 0 Å². The molecule has 0 saturated carbocycles. The van der Waals surface area contributed by atoms with Crippen LogP contribution in [-0.4, -0.2) is 0 Å². The highest BCUT2D eigenvalue weighted by Gasteiger charge is 2.38. The third-order valence-electron chi connectivity index (χ3n) is 4.76. The van der Waals surface area contributed by atoms with Gasteiger partial charge in [0.25, 0.3) is 0 Å². The van der Waals surface area contributed by atoms with Gasteiger partial charge in [-0.2, -0.15) is 0 Å². The van der Waals surface area contributed by atoms with Crippen LogP contribution in [0.25, 0.3) is 0 Å². The Hall–Kier alpha value is -2.09. The Morgan fingerprint density at radius 1 is 1.10 bits per heavy atom. The molecule has 3 atom stereocenters. The molecular weight excluding hydrogens is 261 g/mol. The molecule has 0 fully saturated rings. The third kappa shape index (κ3) is 1.98. The van der Waals surface area contributed by atoms with Crippen LogP contribution in [-0.2, 0) is 0 Å². The summed E-state index contributed by atoms with van der Waals surface area (Å²) in [6.45, 7) is 2.12. The smallest absolute Gasteiger partial charge is 0.128 e. The predicted octanol–water partition coefficient (Wildman–Crippen LogP) is 4.96. The van der Waals surface area contributed by atoms with Gasteiger partial charge in [-0.3, -0.25) is 0 Å². The Balaban J connectivity index is 1.82. The zero-order chi connectivity index (χ0) is 14.4. The average molecular weight is 279 g/mol. The Kier molecular flexibility index (Phi) is 2.85. The molecule has 0 radical (unpaired) electrons. The maximum absolute atomic E-state index is 14.2. The highest BCUT2D eigenvalue weighted by Crippen LogP contribution is 2.50. The Morgan fingerprint density at radius 2 is 1.95 bits per heavy atom. The molecule has 0 aromatic heterocycles. The average Bonchev–Trinajstić information content (AvgIpc) is 2.97. The Morgan fingerprint density at radius 3 is 2.81 bits per heavy atom. The van der Waals surface area contributed by atoms with E-state index in [1.807, 2.05) is 12.1 Å². The molecule has 106 valence electrons. The Bertz CT molecular complexity index is 719. The number of halogens is 1. The van der Waals surface area contributed by atoms with Crippen LogP contribution in [0.15, 0.2) is 54.6 Å². The van der Waals surface area contributed by atoms with Gasteiger partial charge in [-0.25, -0.2) is 4.39 Å². The van der Waals surface area contributed by atoms with Gasteiger partial charge in [0, 0.05) is 17.2 Å². The zero-order valence-corrected chi connectivity index (χ0v) is 12.0. The van der Waals surface area contributed by atoms with Gasteiger partial charge in [0.2, 0.25) is 0 Å². The quantitative estimate of drug-likeness (QED) is 0.727. The fraction of sp³-hybridized carbons (Fsp3) is 0.263. The Labute approximate surface area is 124 Å². The number of nitrogens with one attached hydrogen (secondary N) is 1. The summed E-state index contributed by atoms with van der Waals surface area (Å²) in [7, 11) is 0. The standard InChI is InChI=1S/C19H18FN/c1-12-9-10-18-16(11-12)13-6-4-7-14(13)19(21-18)15-5-2-3-8-17(15)20/h2-6,8-11,13-14,19,21H,7H2,1H3/t13-,14-,19-/m1/s1. The van der Waals surface area contributed by atoms with Crippen molar-refractivity contribution >= 4 is 5.69 Å². The second-order valence-corrected chi connectivity index (χ2v) is 6.09. The van der Waals surface area contributed by atoms with Gasteiger partial charge in [-0.1, -0.05) is 48.0 Å². The monoisotopic (exact) mass is 279 g/mol. The molecule has 1 aliphatic carbocycles. The summed E-state index contributed by atoms with van der Waals surface area (Å²) in [4.78, 5) is 0. The molecule has 4 rings (SSSR count).